The second kappa shape index (κ2) is 7.39. The first-order valence-electron chi connectivity index (χ1n) is 4.87. The van der Waals surface area contributed by atoms with Gasteiger partial charge in [-0.2, -0.15) is 0 Å². The van der Waals surface area contributed by atoms with Gasteiger partial charge in [-0.1, -0.05) is 0 Å². The molecule has 0 unspecified atom stereocenters. The van der Waals surface area contributed by atoms with Crippen LogP contribution in [-0.4, -0.2) is 34.5 Å². The predicted molar refractivity (Wildman–Crippen MR) is 63.0 cm³/mol. The van der Waals surface area contributed by atoms with E-state index in [-0.39, 0.29) is 6.61 Å². The molecule has 0 saturated heterocycles. The molecule has 6 nitrogen and oxygen atoms in total. The van der Waals surface area contributed by atoms with Crippen LogP contribution >= 0.6 is 11.8 Å². The lowest BCUT2D eigenvalue weighted by Crippen LogP contribution is -2.11. The Morgan fingerprint density at radius 1 is 1.56 bits per heavy atom. The SMILES string of the molecule is COCc1nc(NN)cc(SCCCO)n1. The van der Waals surface area contributed by atoms with Gasteiger partial charge < -0.3 is 15.3 Å². The first kappa shape index (κ1) is 13.2. The summed E-state index contributed by atoms with van der Waals surface area (Å²) >= 11 is 1.55. The number of nitrogens with zero attached hydrogens (tertiary/aromatic N) is 2. The third-order valence-electron chi connectivity index (χ3n) is 1.72. The second-order valence-electron chi connectivity index (χ2n) is 3.01. The van der Waals surface area contributed by atoms with E-state index in [2.05, 4.69) is 15.4 Å². The number of hydrazine groups is 1. The molecule has 0 spiro atoms. The van der Waals surface area contributed by atoms with Crippen molar-refractivity contribution in [1.29, 1.82) is 0 Å². The lowest BCUT2D eigenvalue weighted by atomic mass is 10.5. The van der Waals surface area contributed by atoms with Crippen LogP contribution in [-0.2, 0) is 11.3 Å². The third-order valence-corrected chi connectivity index (χ3v) is 2.72. The zero-order valence-electron chi connectivity index (χ0n) is 9.14. The normalized spacial score (nSPS) is 10.4. The number of thioether (sulfide) groups is 1. The van der Waals surface area contributed by atoms with Gasteiger partial charge in [-0.3, -0.25) is 0 Å². The van der Waals surface area contributed by atoms with Gasteiger partial charge in [0.25, 0.3) is 0 Å². The Hall–Kier alpha value is -0.890. The van der Waals surface area contributed by atoms with E-state index >= 15 is 0 Å². The summed E-state index contributed by atoms with van der Waals surface area (Å²) in [5, 5.41) is 9.51. The highest BCUT2D eigenvalue weighted by molar-refractivity contribution is 7.99. The number of nitrogens with one attached hydrogen (secondary N) is 1. The van der Waals surface area contributed by atoms with Gasteiger partial charge in [0, 0.05) is 25.5 Å². The topological polar surface area (TPSA) is 93.3 Å². The Labute approximate surface area is 98.6 Å². The van der Waals surface area contributed by atoms with Crippen LogP contribution in [0.25, 0.3) is 0 Å². The molecule has 0 saturated carbocycles. The third kappa shape index (κ3) is 4.31. The Bertz CT molecular complexity index is 324. The molecule has 0 bridgehead atoms. The smallest absolute Gasteiger partial charge is 0.157 e. The lowest BCUT2D eigenvalue weighted by Gasteiger charge is -2.06. The molecule has 0 radical (unpaired) electrons. The number of methoxy groups -OCH3 is 1. The van der Waals surface area contributed by atoms with E-state index in [0.717, 1.165) is 17.2 Å². The first-order valence-corrected chi connectivity index (χ1v) is 5.86. The molecule has 0 aliphatic carbocycles. The lowest BCUT2D eigenvalue weighted by molar-refractivity contribution is 0.177. The van der Waals surface area contributed by atoms with Crippen molar-refractivity contribution in [2.45, 2.75) is 18.1 Å². The Balaban J connectivity index is 2.69. The van der Waals surface area contributed by atoms with Crippen LogP contribution in [0.15, 0.2) is 11.1 Å². The number of aliphatic hydroxyl groups is 1. The molecular weight excluding hydrogens is 228 g/mol. The standard InChI is InChI=1S/C9H16N4O2S/c1-15-6-8-11-7(13-10)5-9(12-8)16-4-2-3-14/h5,14H,2-4,6,10H2,1H3,(H,11,12,13). The zero-order chi connectivity index (χ0) is 11.8. The summed E-state index contributed by atoms with van der Waals surface area (Å²) in [4.78, 5) is 8.43. The van der Waals surface area contributed by atoms with Gasteiger partial charge in [0.05, 0.1) is 0 Å². The molecule has 0 aromatic carbocycles. The van der Waals surface area contributed by atoms with Crippen molar-refractivity contribution in [3.05, 3.63) is 11.9 Å². The van der Waals surface area contributed by atoms with E-state index in [1.54, 1.807) is 24.9 Å². The van der Waals surface area contributed by atoms with Crippen LogP contribution in [0.1, 0.15) is 12.2 Å². The van der Waals surface area contributed by atoms with E-state index in [1.807, 2.05) is 0 Å². The number of aromatic nitrogens is 2. The number of hydrogen-bond donors (Lipinski definition) is 3. The summed E-state index contributed by atoms with van der Waals surface area (Å²) in [6.07, 6.45) is 0.736. The predicted octanol–water partition coefficient (Wildman–Crippen LogP) is 0.383. The molecule has 7 heteroatoms. The molecule has 0 fully saturated rings. The molecule has 0 atom stereocenters. The quantitative estimate of drug-likeness (QED) is 0.210. The molecule has 1 rings (SSSR count). The van der Waals surface area contributed by atoms with E-state index in [0.29, 0.717) is 18.2 Å². The molecule has 1 heterocycles. The molecule has 0 amide bonds. The summed E-state index contributed by atoms with van der Waals surface area (Å²) < 4.78 is 4.97. The zero-order valence-corrected chi connectivity index (χ0v) is 9.96. The molecular formula is C9H16N4O2S. The number of ether oxygens (including phenoxy) is 1. The summed E-state index contributed by atoms with van der Waals surface area (Å²) in [6, 6.07) is 1.77. The van der Waals surface area contributed by atoms with Crippen molar-refractivity contribution in [2.75, 3.05) is 24.9 Å². The van der Waals surface area contributed by atoms with Crippen LogP contribution in [0, 0.1) is 0 Å². The Kier molecular flexibility index (Phi) is 6.09. The molecule has 0 aliphatic rings. The molecule has 0 aliphatic heterocycles. The molecule has 1 aromatic heterocycles. The van der Waals surface area contributed by atoms with Crippen molar-refractivity contribution in [3.8, 4) is 0 Å². The van der Waals surface area contributed by atoms with Crippen molar-refractivity contribution in [2.24, 2.45) is 5.84 Å². The number of nitrogen functional groups attached to an aromatic ring is 1. The molecule has 90 valence electrons. The summed E-state index contributed by atoms with van der Waals surface area (Å²) in [7, 11) is 1.59. The fourth-order valence-corrected chi connectivity index (χ4v) is 1.90. The van der Waals surface area contributed by atoms with Crippen LogP contribution in [0.2, 0.25) is 0 Å². The maximum absolute atomic E-state index is 8.69. The fraction of sp³-hybridized carbons (Fsp3) is 0.556. The molecule has 4 N–H and O–H groups in total. The van der Waals surface area contributed by atoms with Crippen LogP contribution in [0.4, 0.5) is 5.82 Å². The maximum Gasteiger partial charge on any atom is 0.157 e. The molecule has 16 heavy (non-hydrogen) atoms. The molecule has 1 aromatic rings. The number of nitrogens with two attached hydrogens (primary N) is 1. The number of anilines is 1. The number of hydrogen-bond acceptors (Lipinski definition) is 7. The van der Waals surface area contributed by atoms with Crippen LogP contribution < -0.4 is 11.3 Å². The van der Waals surface area contributed by atoms with Crippen molar-refractivity contribution in [1.82, 2.24) is 9.97 Å². The number of rotatable bonds is 7. The Morgan fingerprint density at radius 2 is 2.38 bits per heavy atom. The van der Waals surface area contributed by atoms with Crippen LogP contribution in [0.3, 0.4) is 0 Å². The van der Waals surface area contributed by atoms with Crippen molar-refractivity contribution in [3.63, 3.8) is 0 Å². The van der Waals surface area contributed by atoms with Gasteiger partial charge in [0.1, 0.15) is 17.5 Å². The minimum atomic E-state index is 0.186. The van der Waals surface area contributed by atoms with Gasteiger partial charge in [-0.05, 0) is 6.42 Å². The highest BCUT2D eigenvalue weighted by Gasteiger charge is 2.04. The van der Waals surface area contributed by atoms with E-state index in [9.17, 15) is 0 Å². The van der Waals surface area contributed by atoms with Gasteiger partial charge in [0.2, 0.25) is 0 Å². The van der Waals surface area contributed by atoms with Gasteiger partial charge in [0.15, 0.2) is 5.82 Å². The van der Waals surface area contributed by atoms with Gasteiger partial charge >= 0.3 is 0 Å². The largest absolute Gasteiger partial charge is 0.396 e. The maximum atomic E-state index is 8.69. The first-order chi connectivity index (χ1) is 7.80. The highest BCUT2D eigenvalue weighted by Crippen LogP contribution is 2.19. The Morgan fingerprint density at radius 3 is 3.00 bits per heavy atom. The van der Waals surface area contributed by atoms with E-state index < -0.39 is 0 Å². The van der Waals surface area contributed by atoms with Crippen LogP contribution in [0.5, 0.6) is 0 Å². The average molecular weight is 244 g/mol. The van der Waals surface area contributed by atoms with E-state index in [4.69, 9.17) is 15.7 Å². The summed E-state index contributed by atoms with van der Waals surface area (Å²) in [5.41, 5.74) is 2.49. The number of aliphatic hydroxyl groups excluding tert-OH is 1. The highest BCUT2D eigenvalue weighted by atomic mass is 32.2. The van der Waals surface area contributed by atoms with Gasteiger partial charge in [-0.25, -0.2) is 15.8 Å². The van der Waals surface area contributed by atoms with E-state index in [1.165, 1.54) is 0 Å². The second-order valence-corrected chi connectivity index (χ2v) is 4.13. The minimum Gasteiger partial charge on any atom is -0.396 e. The van der Waals surface area contributed by atoms with Crippen molar-refractivity contribution >= 4 is 17.6 Å². The summed E-state index contributed by atoms with van der Waals surface area (Å²) in [6.45, 7) is 0.536. The van der Waals surface area contributed by atoms with Crippen molar-refractivity contribution < 1.29 is 9.84 Å². The fourth-order valence-electron chi connectivity index (χ4n) is 1.06. The minimum absolute atomic E-state index is 0.186. The monoisotopic (exact) mass is 244 g/mol. The van der Waals surface area contributed by atoms with Gasteiger partial charge in [-0.15, -0.1) is 11.8 Å². The average Bonchev–Trinajstić information content (AvgIpc) is 2.29. The summed E-state index contributed by atoms with van der Waals surface area (Å²) in [5.74, 6) is 7.27.